The van der Waals surface area contributed by atoms with Crippen LogP contribution < -0.4 is 9.47 Å². The number of hydrogen-bond acceptors (Lipinski definition) is 7. The molecule has 7 nitrogen and oxygen atoms in total. The molecule has 7 heteroatoms. The Morgan fingerprint density at radius 3 is 2.76 bits per heavy atom. The topological polar surface area (TPSA) is 97.8 Å². The van der Waals surface area contributed by atoms with E-state index in [-0.39, 0.29) is 30.8 Å². The second-order valence-electron chi connectivity index (χ2n) is 8.16. The molecule has 4 atom stereocenters. The molecule has 1 aliphatic heterocycles. The van der Waals surface area contributed by atoms with Crippen molar-refractivity contribution in [1.82, 2.24) is 0 Å². The SMILES string of the molecule is COc1ccc(/C=C/C(=O)O[C@@H]2CC[C@@](C)(O)[C@@H](C3(C)CO3)C2)cc1OCCO. The van der Waals surface area contributed by atoms with Crippen LogP contribution in [0, 0.1) is 5.92 Å². The van der Waals surface area contributed by atoms with Gasteiger partial charge in [0.1, 0.15) is 12.7 Å². The first-order valence-electron chi connectivity index (χ1n) is 9.94. The van der Waals surface area contributed by atoms with Crippen molar-refractivity contribution in [2.75, 3.05) is 26.9 Å². The largest absolute Gasteiger partial charge is 0.493 e. The summed E-state index contributed by atoms with van der Waals surface area (Å²) in [6, 6.07) is 5.27. The third kappa shape index (κ3) is 5.29. The lowest BCUT2D eigenvalue weighted by molar-refractivity contribution is -0.153. The van der Waals surface area contributed by atoms with Crippen LogP contribution in [0.1, 0.15) is 38.7 Å². The summed E-state index contributed by atoms with van der Waals surface area (Å²) >= 11 is 0. The molecule has 0 radical (unpaired) electrons. The van der Waals surface area contributed by atoms with Gasteiger partial charge in [-0.1, -0.05) is 6.07 Å². The fraction of sp³-hybridized carbons (Fsp3) is 0.591. The summed E-state index contributed by atoms with van der Waals surface area (Å²) in [7, 11) is 1.54. The van der Waals surface area contributed by atoms with Gasteiger partial charge in [-0.2, -0.15) is 0 Å². The minimum atomic E-state index is -0.807. The first-order chi connectivity index (χ1) is 13.8. The van der Waals surface area contributed by atoms with Gasteiger partial charge in [0.05, 0.1) is 31.5 Å². The Labute approximate surface area is 171 Å². The number of aliphatic hydroxyl groups is 2. The van der Waals surface area contributed by atoms with Crippen molar-refractivity contribution in [1.29, 1.82) is 0 Å². The molecule has 2 N–H and O–H groups in total. The van der Waals surface area contributed by atoms with Crippen LogP contribution in [0.5, 0.6) is 11.5 Å². The van der Waals surface area contributed by atoms with Gasteiger partial charge < -0.3 is 29.2 Å². The van der Waals surface area contributed by atoms with E-state index < -0.39 is 11.6 Å². The molecule has 2 aliphatic rings. The highest BCUT2D eigenvalue weighted by atomic mass is 16.6. The van der Waals surface area contributed by atoms with Crippen molar-refractivity contribution in [3.05, 3.63) is 29.8 Å². The fourth-order valence-electron chi connectivity index (χ4n) is 4.02. The monoisotopic (exact) mass is 406 g/mol. The molecule has 1 aliphatic carbocycles. The molecule has 1 aromatic carbocycles. The van der Waals surface area contributed by atoms with Crippen LogP contribution in [0.4, 0.5) is 0 Å². The van der Waals surface area contributed by atoms with Gasteiger partial charge in [0.2, 0.25) is 0 Å². The van der Waals surface area contributed by atoms with Gasteiger partial charge in [-0.25, -0.2) is 4.79 Å². The van der Waals surface area contributed by atoms with E-state index in [1.807, 2.05) is 13.8 Å². The zero-order chi connectivity index (χ0) is 21.1. The Kier molecular flexibility index (Phi) is 6.51. The van der Waals surface area contributed by atoms with Crippen LogP contribution in [0.25, 0.3) is 6.08 Å². The van der Waals surface area contributed by atoms with Crippen molar-refractivity contribution in [3.8, 4) is 11.5 Å². The van der Waals surface area contributed by atoms with Gasteiger partial charge in [0.25, 0.3) is 0 Å². The lowest BCUT2D eigenvalue weighted by Crippen LogP contribution is -2.49. The highest BCUT2D eigenvalue weighted by Crippen LogP contribution is 2.48. The van der Waals surface area contributed by atoms with E-state index in [0.29, 0.717) is 37.4 Å². The molecule has 1 heterocycles. The van der Waals surface area contributed by atoms with Crippen LogP contribution in [-0.4, -0.2) is 60.4 Å². The summed E-state index contributed by atoms with van der Waals surface area (Å²) in [4.78, 5) is 12.3. The van der Waals surface area contributed by atoms with E-state index in [1.54, 1.807) is 24.3 Å². The predicted octanol–water partition coefficient (Wildman–Crippen LogP) is 2.33. The average Bonchev–Trinajstić information content (AvgIpc) is 3.44. The molecule has 0 amide bonds. The number of esters is 1. The van der Waals surface area contributed by atoms with E-state index in [1.165, 1.54) is 13.2 Å². The van der Waals surface area contributed by atoms with Crippen LogP contribution in [-0.2, 0) is 14.3 Å². The molecule has 160 valence electrons. The van der Waals surface area contributed by atoms with Crippen molar-refractivity contribution in [2.45, 2.75) is 50.4 Å². The number of ether oxygens (including phenoxy) is 4. The predicted molar refractivity (Wildman–Crippen MR) is 107 cm³/mol. The molecule has 1 aromatic rings. The Hall–Kier alpha value is -2.09. The number of hydrogen-bond donors (Lipinski definition) is 2. The molecule has 3 rings (SSSR count). The molecule has 1 saturated carbocycles. The molecule has 29 heavy (non-hydrogen) atoms. The smallest absolute Gasteiger partial charge is 0.331 e. The van der Waals surface area contributed by atoms with E-state index in [0.717, 1.165) is 5.56 Å². The Balaban J connectivity index is 1.60. The Bertz CT molecular complexity index is 752. The normalized spacial score (nSPS) is 31.5. The quantitative estimate of drug-likeness (QED) is 0.388. The Morgan fingerprint density at radius 2 is 2.10 bits per heavy atom. The lowest BCUT2D eigenvalue weighted by atomic mass is 9.69. The lowest BCUT2D eigenvalue weighted by Gasteiger charge is -2.42. The third-order valence-corrected chi connectivity index (χ3v) is 5.79. The van der Waals surface area contributed by atoms with Crippen molar-refractivity contribution < 1.29 is 34.0 Å². The van der Waals surface area contributed by atoms with Crippen molar-refractivity contribution in [3.63, 3.8) is 0 Å². The summed E-state index contributed by atoms with van der Waals surface area (Å²) < 4.78 is 21.8. The summed E-state index contributed by atoms with van der Waals surface area (Å²) in [6.07, 6.45) is 4.58. The molecular weight excluding hydrogens is 376 g/mol. The van der Waals surface area contributed by atoms with Crippen molar-refractivity contribution >= 4 is 12.0 Å². The van der Waals surface area contributed by atoms with Gasteiger partial charge in [-0.3, -0.25) is 0 Å². The number of aliphatic hydroxyl groups excluding tert-OH is 1. The number of benzene rings is 1. The molecule has 0 aromatic heterocycles. The van der Waals surface area contributed by atoms with Crippen LogP contribution >= 0.6 is 0 Å². The molecule has 0 bridgehead atoms. The second-order valence-corrected chi connectivity index (χ2v) is 8.16. The fourth-order valence-corrected chi connectivity index (χ4v) is 4.02. The standard InChI is InChI=1S/C22H30O7/c1-21(25)9-8-16(13-19(21)22(2)14-28-22)29-20(24)7-5-15-4-6-17(26-3)18(12-15)27-11-10-23/h4-7,12,16,19,23,25H,8-11,13-14H2,1-3H3/b7-5+/t16-,19+,21-,22?/m1/s1. The molecule has 2 fully saturated rings. The van der Waals surface area contributed by atoms with E-state index in [9.17, 15) is 9.90 Å². The average molecular weight is 406 g/mol. The third-order valence-electron chi connectivity index (χ3n) is 5.79. The highest BCUT2D eigenvalue weighted by molar-refractivity contribution is 5.87. The van der Waals surface area contributed by atoms with Crippen LogP contribution in [0.2, 0.25) is 0 Å². The summed E-state index contributed by atoms with van der Waals surface area (Å²) in [5, 5.41) is 19.6. The van der Waals surface area contributed by atoms with Gasteiger partial charge in [0.15, 0.2) is 11.5 Å². The molecule has 1 saturated heterocycles. The zero-order valence-electron chi connectivity index (χ0n) is 17.2. The highest BCUT2D eigenvalue weighted by Gasteiger charge is 2.56. The minimum Gasteiger partial charge on any atom is -0.493 e. The maximum Gasteiger partial charge on any atom is 0.331 e. The summed E-state index contributed by atoms with van der Waals surface area (Å²) in [5.74, 6) is 0.561. The molecule has 0 spiro atoms. The first-order valence-corrected chi connectivity index (χ1v) is 9.94. The second kappa shape index (κ2) is 8.73. The maximum absolute atomic E-state index is 12.3. The molecular formula is C22H30O7. The number of rotatable bonds is 8. The van der Waals surface area contributed by atoms with Gasteiger partial charge in [0, 0.05) is 12.0 Å². The summed E-state index contributed by atoms with van der Waals surface area (Å²) in [6.45, 7) is 4.52. The molecule has 1 unspecified atom stereocenters. The van der Waals surface area contributed by atoms with Crippen LogP contribution in [0.15, 0.2) is 24.3 Å². The minimum absolute atomic E-state index is 0.0571. The Morgan fingerprint density at radius 1 is 1.34 bits per heavy atom. The number of carbonyl (C=O) groups is 1. The van der Waals surface area contributed by atoms with Crippen LogP contribution in [0.3, 0.4) is 0 Å². The number of epoxide rings is 1. The van der Waals surface area contributed by atoms with E-state index >= 15 is 0 Å². The number of methoxy groups -OCH3 is 1. The zero-order valence-corrected chi connectivity index (χ0v) is 17.2. The van der Waals surface area contributed by atoms with Gasteiger partial charge >= 0.3 is 5.97 Å². The first kappa shape index (κ1) is 21.6. The van der Waals surface area contributed by atoms with E-state index in [4.69, 9.17) is 24.1 Å². The number of carbonyl (C=O) groups excluding carboxylic acids is 1. The summed E-state index contributed by atoms with van der Waals surface area (Å²) in [5.41, 5.74) is -0.379. The van der Waals surface area contributed by atoms with E-state index in [2.05, 4.69) is 0 Å². The maximum atomic E-state index is 12.3. The van der Waals surface area contributed by atoms with Crippen molar-refractivity contribution in [2.24, 2.45) is 5.92 Å². The van der Waals surface area contributed by atoms with Gasteiger partial charge in [-0.05, 0) is 56.9 Å². The van der Waals surface area contributed by atoms with Gasteiger partial charge in [-0.15, -0.1) is 0 Å².